The zero-order valence-electron chi connectivity index (χ0n) is 9.87. The zero-order chi connectivity index (χ0) is 11.3. The highest BCUT2D eigenvalue weighted by Gasteiger charge is 2.20. The number of nitrogens with two attached hydrogens (primary N) is 1. The smallest absolute Gasteiger partial charge is 0.238 e. The summed E-state index contributed by atoms with van der Waals surface area (Å²) in [7, 11) is 1.94. The number of amides is 1. The van der Waals surface area contributed by atoms with Gasteiger partial charge in [0.25, 0.3) is 0 Å². The molecule has 84 valence electrons. The second-order valence-electron chi connectivity index (χ2n) is 3.96. The van der Waals surface area contributed by atoms with Gasteiger partial charge in [0, 0.05) is 6.04 Å². The third kappa shape index (κ3) is 4.07. The standard InChI is InChI=1S/C10H23N3O/c1-6-9(11)12-10(14)8(4)13(5)7(2)3/h7-9H,6,11H2,1-5H3,(H,12,14)/t8-,9?/m0/s1. The van der Waals surface area contributed by atoms with Crippen LogP contribution >= 0.6 is 0 Å². The van der Waals surface area contributed by atoms with Crippen LogP contribution in [0.2, 0.25) is 0 Å². The second kappa shape index (κ2) is 5.98. The molecule has 3 N–H and O–H groups in total. The van der Waals surface area contributed by atoms with Gasteiger partial charge in [0.05, 0.1) is 12.2 Å². The van der Waals surface area contributed by atoms with E-state index >= 15 is 0 Å². The molecule has 0 aromatic heterocycles. The molecule has 0 rings (SSSR count). The van der Waals surface area contributed by atoms with Gasteiger partial charge >= 0.3 is 0 Å². The number of carbonyl (C=O) groups is 1. The highest BCUT2D eigenvalue weighted by Crippen LogP contribution is 2.01. The van der Waals surface area contributed by atoms with Crippen LogP contribution in [-0.2, 0) is 4.79 Å². The Balaban J connectivity index is 4.11. The van der Waals surface area contributed by atoms with Crippen molar-refractivity contribution in [2.45, 2.75) is 52.4 Å². The number of likely N-dealkylation sites (N-methyl/N-ethyl adjacent to an activating group) is 1. The Kier molecular flexibility index (Phi) is 5.72. The Morgan fingerprint density at radius 3 is 2.29 bits per heavy atom. The maximum absolute atomic E-state index is 11.6. The van der Waals surface area contributed by atoms with E-state index in [0.717, 1.165) is 6.42 Å². The number of rotatable bonds is 5. The lowest BCUT2D eigenvalue weighted by Gasteiger charge is -2.28. The second-order valence-corrected chi connectivity index (χ2v) is 3.96. The van der Waals surface area contributed by atoms with Gasteiger partial charge in [-0.3, -0.25) is 9.69 Å². The van der Waals surface area contributed by atoms with Crippen molar-refractivity contribution in [2.75, 3.05) is 7.05 Å². The van der Waals surface area contributed by atoms with Crippen molar-refractivity contribution in [1.29, 1.82) is 0 Å². The van der Waals surface area contributed by atoms with Crippen molar-refractivity contribution in [3.63, 3.8) is 0 Å². The van der Waals surface area contributed by atoms with Crippen LogP contribution in [-0.4, -0.2) is 36.1 Å². The predicted molar refractivity (Wildman–Crippen MR) is 58.8 cm³/mol. The van der Waals surface area contributed by atoms with Crippen molar-refractivity contribution in [2.24, 2.45) is 5.73 Å². The van der Waals surface area contributed by atoms with E-state index < -0.39 is 0 Å². The highest BCUT2D eigenvalue weighted by molar-refractivity contribution is 5.81. The van der Waals surface area contributed by atoms with Crippen LogP contribution in [0.3, 0.4) is 0 Å². The Labute approximate surface area is 86.8 Å². The summed E-state index contributed by atoms with van der Waals surface area (Å²) in [6.07, 6.45) is 0.523. The van der Waals surface area contributed by atoms with Crippen LogP contribution in [0.25, 0.3) is 0 Å². The van der Waals surface area contributed by atoms with E-state index in [1.54, 1.807) is 0 Å². The topological polar surface area (TPSA) is 58.4 Å². The largest absolute Gasteiger partial charge is 0.340 e. The summed E-state index contributed by atoms with van der Waals surface area (Å²) in [6, 6.07) is 0.223. The molecule has 0 spiro atoms. The molecule has 0 aromatic carbocycles. The Morgan fingerprint density at radius 1 is 1.43 bits per heavy atom. The highest BCUT2D eigenvalue weighted by atomic mass is 16.2. The lowest BCUT2D eigenvalue weighted by atomic mass is 10.2. The van der Waals surface area contributed by atoms with E-state index in [-0.39, 0.29) is 18.1 Å². The maximum atomic E-state index is 11.6. The quantitative estimate of drug-likeness (QED) is 0.638. The van der Waals surface area contributed by atoms with Crippen molar-refractivity contribution in [3.8, 4) is 0 Å². The van der Waals surface area contributed by atoms with E-state index in [4.69, 9.17) is 5.73 Å². The molecular weight excluding hydrogens is 178 g/mol. The Hall–Kier alpha value is -0.610. The minimum atomic E-state index is -0.231. The van der Waals surface area contributed by atoms with Gasteiger partial charge in [-0.1, -0.05) is 6.92 Å². The van der Waals surface area contributed by atoms with Crippen LogP contribution in [0.4, 0.5) is 0 Å². The van der Waals surface area contributed by atoms with Gasteiger partial charge in [0.15, 0.2) is 0 Å². The van der Waals surface area contributed by atoms with E-state index in [1.807, 2.05) is 25.8 Å². The van der Waals surface area contributed by atoms with Gasteiger partial charge in [0.2, 0.25) is 5.91 Å². The minimum absolute atomic E-state index is 0.00412. The molecule has 0 aliphatic rings. The summed E-state index contributed by atoms with van der Waals surface area (Å²) < 4.78 is 0. The molecular formula is C10H23N3O. The summed E-state index contributed by atoms with van der Waals surface area (Å²) in [6.45, 7) is 7.95. The SMILES string of the molecule is CCC(N)NC(=O)[C@H](C)N(C)C(C)C. The number of hydrogen-bond acceptors (Lipinski definition) is 3. The molecule has 0 aliphatic heterocycles. The third-order valence-corrected chi connectivity index (χ3v) is 2.57. The molecule has 0 radical (unpaired) electrons. The molecule has 1 amide bonds. The molecule has 0 aliphatic carbocycles. The zero-order valence-corrected chi connectivity index (χ0v) is 9.87. The third-order valence-electron chi connectivity index (χ3n) is 2.57. The molecule has 0 saturated heterocycles. The molecule has 0 aromatic rings. The molecule has 4 nitrogen and oxygen atoms in total. The molecule has 1 unspecified atom stereocenters. The fourth-order valence-corrected chi connectivity index (χ4v) is 1.04. The Morgan fingerprint density at radius 2 is 1.93 bits per heavy atom. The van der Waals surface area contributed by atoms with Gasteiger partial charge < -0.3 is 11.1 Å². The average Bonchev–Trinajstić information content (AvgIpc) is 2.14. The molecule has 4 heteroatoms. The number of nitrogens with zero attached hydrogens (tertiary/aromatic N) is 1. The fourth-order valence-electron chi connectivity index (χ4n) is 1.04. The van der Waals surface area contributed by atoms with E-state index in [2.05, 4.69) is 19.2 Å². The number of nitrogens with one attached hydrogen (secondary N) is 1. The molecule has 14 heavy (non-hydrogen) atoms. The summed E-state index contributed by atoms with van der Waals surface area (Å²) in [4.78, 5) is 13.6. The Bertz CT molecular complexity index is 182. The van der Waals surface area contributed by atoms with Crippen LogP contribution in [0.1, 0.15) is 34.1 Å². The molecule has 0 heterocycles. The lowest BCUT2D eigenvalue weighted by Crippen LogP contribution is -2.51. The van der Waals surface area contributed by atoms with Crippen molar-refractivity contribution < 1.29 is 4.79 Å². The summed E-state index contributed by atoms with van der Waals surface area (Å²) >= 11 is 0. The van der Waals surface area contributed by atoms with Crippen molar-refractivity contribution in [1.82, 2.24) is 10.2 Å². The fraction of sp³-hybridized carbons (Fsp3) is 0.900. The van der Waals surface area contributed by atoms with Crippen LogP contribution in [0, 0.1) is 0 Å². The molecule has 2 atom stereocenters. The van der Waals surface area contributed by atoms with Crippen LogP contribution in [0.5, 0.6) is 0 Å². The van der Waals surface area contributed by atoms with Gasteiger partial charge in [-0.05, 0) is 34.2 Å². The predicted octanol–water partition coefficient (Wildman–Crippen LogP) is 0.526. The maximum Gasteiger partial charge on any atom is 0.238 e. The molecule has 0 bridgehead atoms. The minimum Gasteiger partial charge on any atom is -0.340 e. The van der Waals surface area contributed by atoms with Crippen molar-refractivity contribution >= 4 is 5.91 Å². The van der Waals surface area contributed by atoms with Gasteiger partial charge in [-0.25, -0.2) is 0 Å². The van der Waals surface area contributed by atoms with Crippen LogP contribution < -0.4 is 11.1 Å². The number of carbonyl (C=O) groups excluding carboxylic acids is 1. The lowest BCUT2D eigenvalue weighted by molar-refractivity contribution is -0.126. The van der Waals surface area contributed by atoms with Gasteiger partial charge in [-0.2, -0.15) is 0 Å². The normalized spacial score (nSPS) is 15.7. The summed E-state index contributed by atoms with van der Waals surface area (Å²) in [5.74, 6) is -0.00412. The first-order valence-electron chi connectivity index (χ1n) is 5.18. The first kappa shape index (κ1) is 13.4. The molecule has 0 fully saturated rings. The van der Waals surface area contributed by atoms with Crippen LogP contribution in [0.15, 0.2) is 0 Å². The number of hydrogen-bond donors (Lipinski definition) is 2. The van der Waals surface area contributed by atoms with E-state index in [1.165, 1.54) is 0 Å². The van der Waals surface area contributed by atoms with Gasteiger partial charge in [0.1, 0.15) is 0 Å². The first-order valence-corrected chi connectivity index (χ1v) is 5.18. The first-order chi connectivity index (χ1) is 6.40. The monoisotopic (exact) mass is 201 g/mol. The van der Waals surface area contributed by atoms with E-state index in [9.17, 15) is 4.79 Å². The van der Waals surface area contributed by atoms with E-state index in [0.29, 0.717) is 6.04 Å². The summed E-state index contributed by atoms with van der Waals surface area (Å²) in [5.41, 5.74) is 5.64. The average molecular weight is 201 g/mol. The summed E-state index contributed by atoms with van der Waals surface area (Å²) in [5, 5.41) is 2.76. The van der Waals surface area contributed by atoms with Crippen molar-refractivity contribution in [3.05, 3.63) is 0 Å². The molecule has 0 saturated carbocycles. The van der Waals surface area contributed by atoms with Gasteiger partial charge in [-0.15, -0.1) is 0 Å².